The van der Waals surface area contributed by atoms with Crippen LogP contribution in [0.2, 0.25) is 0 Å². The minimum Gasteiger partial charge on any atom is -0.392 e. The van der Waals surface area contributed by atoms with Gasteiger partial charge in [-0.05, 0) is 5.92 Å². The van der Waals surface area contributed by atoms with Crippen molar-refractivity contribution in [2.75, 3.05) is 6.61 Å². The fourth-order valence-corrected chi connectivity index (χ4v) is 0.440. The molecule has 9 heavy (non-hydrogen) atoms. The fourth-order valence-electron chi connectivity index (χ4n) is 0.440. The largest absolute Gasteiger partial charge is 0.392 e. The lowest BCUT2D eigenvalue weighted by atomic mass is 10.1. The maximum atomic E-state index is 8.35. The van der Waals surface area contributed by atoms with Crippen molar-refractivity contribution in [2.24, 2.45) is 11.7 Å². The average Bonchev–Trinajstić information content (AvgIpc) is 1.82. The highest BCUT2D eigenvalue weighted by atomic mass is 16.2. The maximum Gasteiger partial charge on any atom is 0.0612 e. The van der Waals surface area contributed by atoms with Crippen LogP contribution in [0.1, 0.15) is 13.8 Å². The molecule has 0 fully saturated rings. The first-order chi connectivity index (χ1) is 4.18. The Hall–Kier alpha value is -0.340. The van der Waals surface area contributed by atoms with E-state index < -0.39 is 0 Å². The van der Waals surface area contributed by atoms with Crippen molar-refractivity contribution in [3.05, 3.63) is 12.2 Å². The molecule has 0 saturated heterocycles. The van der Waals surface area contributed by atoms with Crippen LogP contribution in [0.5, 0.6) is 0 Å². The number of aliphatic hydroxyl groups is 1. The summed E-state index contributed by atoms with van der Waals surface area (Å²) < 4.78 is 0. The average molecular weight is 129 g/mol. The van der Waals surface area contributed by atoms with E-state index in [1.807, 2.05) is 19.9 Å². The summed E-state index contributed by atoms with van der Waals surface area (Å²) in [4.78, 5) is 0. The summed E-state index contributed by atoms with van der Waals surface area (Å²) >= 11 is 0. The molecule has 54 valence electrons. The highest BCUT2D eigenvalue weighted by Gasteiger charge is 2.00. The summed E-state index contributed by atoms with van der Waals surface area (Å²) in [5, 5.41) is 8.35. The van der Waals surface area contributed by atoms with Crippen LogP contribution in [0.25, 0.3) is 0 Å². The van der Waals surface area contributed by atoms with Gasteiger partial charge in [-0.3, -0.25) is 0 Å². The molecule has 0 unspecified atom stereocenters. The Balaban J connectivity index is 3.48. The molecule has 0 aromatic carbocycles. The normalized spacial score (nSPS) is 15.2. The molecule has 0 bridgehead atoms. The number of hydrogen-bond acceptors (Lipinski definition) is 2. The van der Waals surface area contributed by atoms with Gasteiger partial charge in [0.1, 0.15) is 0 Å². The van der Waals surface area contributed by atoms with Crippen LogP contribution in [0.4, 0.5) is 0 Å². The Labute approximate surface area is 56.4 Å². The van der Waals surface area contributed by atoms with Gasteiger partial charge >= 0.3 is 0 Å². The highest BCUT2D eigenvalue weighted by Crippen LogP contribution is 1.98. The van der Waals surface area contributed by atoms with Crippen LogP contribution in [0, 0.1) is 5.92 Å². The monoisotopic (exact) mass is 129 g/mol. The third kappa shape index (κ3) is 4.18. The van der Waals surface area contributed by atoms with Gasteiger partial charge in [-0.2, -0.15) is 0 Å². The quantitative estimate of drug-likeness (QED) is 0.546. The van der Waals surface area contributed by atoms with E-state index in [1.165, 1.54) is 0 Å². The van der Waals surface area contributed by atoms with Crippen molar-refractivity contribution in [1.29, 1.82) is 0 Å². The summed E-state index contributed by atoms with van der Waals surface area (Å²) in [7, 11) is 0. The topological polar surface area (TPSA) is 46.2 Å². The summed E-state index contributed by atoms with van der Waals surface area (Å²) in [6, 6.07) is 0.0807. The Morgan fingerprint density at radius 1 is 1.56 bits per heavy atom. The summed E-state index contributed by atoms with van der Waals surface area (Å²) in [6.07, 6.45) is 3.50. The van der Waals surface area contributed by atoms with Crippen LogP contribution in [0.15, 0.2) is 12.2 Å². The van der Waals surface area contributed by atoms with Crippen molar-refractivity contribution in [2.45, 2.75) is 19.9 Å². The molecule has 0 aromatic rings. The van der Waals surface area contributed by atoms with E-state index in [2.05, 4.69) is 0 Å². The van der Waals surface area contributed by atoms with E-state index in [1.54, 1.807) is 6.08 Å². The molecule has 0 aliphatic rings. The highest BCUT2D eigenvalue weighted by molar-refractivity contribution is 4.92. The second-order valence-corrected chi connectivity index (χ2v) is 2.43. The SMILES string of the molecule is CC(C)[C@H](N)/C=C/CO. The minimum atomic E-state index is 0.0807. The molecular weight excluding hydrogens is 114 g/mol. The number of nitrogens with two attached hydrogens (primary N) is 1. The maximum absolute atomic E-state index is 8.35. The summed E-state index contributed by atoms with van der Waals surface area (Å²) in [5.41, 5.74) is 5.60. The second-order valence-electron chi connectivity index (χ2n) is 2.43. The summed E-state index contributed by atoms with van der Waals surface area (Å²) in [6.45, 7) is 4.18. The van der Waals surface area contributed by atoms with Crippen LogP contribution in [0.3, 0.4) is 0 Å². The smallest absolute Gasteiger partial charge is 0.0612 e. The Morgan fingerprint density at radius 2 is 2.11 bits per heavy atom. The van der Waals surface area contributed by atoms with Gasteiger partial charge < -0.3 is 10.8 Å². The van der Waals surface area contributed by atoms with Gasteiger partial charge in [-0.1, -0.05) is 26.0 Å². The lowest BCUT2D eigenvalue weighted by Crippen LogP contribution is -2.23. The Bertz CT molecular complexity index is 88.9. The molecule has 0 aromatic heterocycles. The molecule has 2 nitrogen and oxygen atoms in total. The van der Waals surface area contributed by atoms with E-state index in [0.717, 1.165) is 0 Å². The molecule has 1 atom stereocenters. The molecule has 0 rings (SSSR count). The zero-order valence-electron chi connectivity index (χ0n) is 6.04. The standard InChI is InChI=1S/C7H15NO/c1-6(2)7(8)4-3-5-9/h3-4,6-7,9H,5,8H2,1-2H3/b4-3+/t7-/m1/s1. The van der Waals surface area contributed by atoms with Crippen LogP contribution in [-0.4, -0.2) is 17.8 Å². The van der Waals surface area contributed by atoms with E-state index in [9.17, 15) is 0 Å². The Kier molecular flexibility index (Phi) is 4.36. The molecule has 0 heterocycles. The third-order valence-electron chi connectivity index (χ3n) is 1.23. The van der Waals surface area contributed by atoms with E-state index >= 15 is 0 Å². The number of aliphatic hydroxyl groups excluding tert-OH is 1. The zero-order valence-corrected chi connectivity index (χ0v) is 6.04. The van der Waals surface area contributed by atoms with E-state index in [4.69, 9.17) is 10.8 Å². The van der Waals surface area contributed by atoms with Crippen molar-refractivity contribution in [3.8, 4) is 0 Å². The van der Waals surface area contributed by atoms with Crippen LogP contribution >= 0.6 is 0 Å². The number of rotatable bonds is 3. The van der Waals surface area contributed by atoms with Crippen LogP contribution < -0.4 is 5.73 Å². The van der Waals surface area contributed by atoms with Gasteiger partial charge in [-0.15, -0.1) is 0 Å². The first kappa shape index (κ1) is 8.66. The number of hydrogen-bond donors (Lipinski definition) is 2. The molecule has 0 amide bonds. The van der Waals surface area contributed by atoms with Gasteiger partial charge in [0.15, 0.2) is 0 Å². The molecular formula is C7H15NO. The van der Waals surface area contributed by atoms with Crippen LogP contribution in [-0.2, 0) is 0 Å². The van der Waals surface area contributed by atoms with E-state index in [-0.39, 0.29) is 12.6 Å². The molecule has 0 spiro atoms. The van der Waals surface area contributed by atoms with Gasteiger partial charge in [0.2, 0.25) is 0 Å². The Morgan fingerprint density at radius 3 is 2.44 bits per heavy atom. The fraction of sp³-hybridized carbons (Fsp3) is 0.714. The first-order valence-electron chi connectivity index (χ1n) is 3.21. The molecule has 0 aliphatic carbocycles. The second kappa shape index (κ2) is 4.53. The van der Waals surface area contributed by atoms with Gasteiger partial charge in [0.05, 0.1) is 6.61 Å². The van der Waals surface area contributed by atoms with E-state index in [0.29, 0.717) is 5.92 Å². The predicted octanol–water partition coefficient (Wildman–Crippen LogP) is 0.518. The molecule has 2 heteroatoms. The van der Waals surface area contributed by atoms with Gasteiger partial charge in [0.25, 0.3) is 0 Å². The summed E-state index contributed by atoms with van der Waals surface area (Å²) in [5.74, 6) is 0.452. The van der Waals surface area contributed by atoms with Crippen molar-refractivity contribution >= 4 is 0 Å². The molecule has 0 radical (unpaired) electrons. The predicted molar refractivity (Wildman–Crippen MR) is 39.0 cm³/mol. The first-order valence-corrected chi connectivity index (χ1v) is 3.21. The lowest BCUT2D eigenvalue weighted by molar-refractivity contribution is 0.341. The van der Waals surface area contributed by atoms with Gasteiger partial charge in [0, 0.05) is 6.04 Å². The lowest BCUT2D eigenvalue weighted by Gasteiger charge is -2.08. The molecule has 0 saturated carbocycles. The third-order valence-corrected chi connectivity index (χ3v) is 1.23. The molecule has 3 N–H and O–H groups in total. The minimum absolute atomic E-state index is 0.0807. The van der Waals surface area contributed by atoms with Crippen molar-refractivity contribution < 1.29 is 5.11 Å². The zero-order chi connectivity index (χ0) is 7.28. The molecule has 0 aliphatic heterocycles. The van der Waals surface area contributed by atoms with Crippen molar-refractivity contribution in [3.63, 3.8) is 0 Å². The van der Waals surface area contributed by atoms with Crippen molar-refractivity contribution in [1.82, 2.24) is 0 Å². The van der Waals surface area contributed by atoms with Gasteiger partial charge in [-0.25, -0.2) is 0 Å².